The van der Waals surface area contributed by atoms with Crippen LogP contribution in [-0.2, 0) is 0 Å². The Labute approximate surface area is 111 Å². The van der Waals surface area contributed by atoms with Crippen LogP contribution in [-0.4, -0.2) is 19.7 Å². The van der Waals surface area contributed by atoms with Gasteiger partial charge < -0.3 is 5.73 Å². The number of hydrogen-bond acceptors (Lipinski definition) is 5. The zero-order valence-electron chi connectivity index (χ0n) is 11.2. The minimum absolute atomic E-state index is 0.220. The van der Waals surface area contributed by atoms with E-state index < -0.39 is 0 Å². The highest BCUT2D eigenvalue weighted by Crippen LogP contribution is 2.17. The minimum atomic E-state index is -0.238. The lowest BCUT2D eigenvalue weighted by molar-refractivity contribution is 0.679. The topological polar surface area (TPSA) is 93.4 Å². The Morgan fingerprint density at radius 3 is 2.53 bits per heavy atom. The molecule has 2 rings (SSSR count). The molecule has 98 valence electrons. The summed E-state index contributed by atoms with van der Waals surface area (Å²) in [5.74, 6) is 2.24. The quantitative estimate of drug-likeness (QED) is 0.901. The molecule has 19 heavy (non-hydrogen) atoms. The molecule has 0 spiro atoms. The van der Waals surface area contributed by atoms with Gasteiger partial charge in [0, 0.05) is 12.1 Å². The van der Waals surface area contributed by atoms with Crippen LogP contribution in [0.4, 0.5) is 0 Å². The van der Waals surface area contributed by atoms with E-state index in [4.69, 9.17) is 11.0 Å². The summed E-state index contributed by atoms with van der Waals surface area (Å²) in [6.07, 6.45) is 1.51. The van der Waals surface area contributed by atoms with Crippen LogP contribution in [0.2, 0.25) is 0 Å². The van der Waals surface area contributed by atoms with Crippen molar-refractivity contribution in [1.29, 1.82) is 5.26 Å². The maximum Gasteiger partial charge on any atom is 0.155 e. The molecule has 2 aromatic heterocycles. The SMILES string of the molecule is CC(C)c1nc([C@@H](C)N)n(-c2ccc(C#N)cn2)n1. The van der Waals surface area contributed by atoms with Crippen molar-refractivity contribution in [3.8, 4) is 11.9 Å². The molecule has 0 aliphatic heterocycles. The lowest BCUT2D eigenvalue weighted by Gasteiger charge is -2.06. The van der Waals surface area contributed by atoms with Crippen molar-refractivity contribution in [2.75, 3.05) is 0 Å². The Morgan fingerprint density at radius 1 is 1.32 bits per heavy atom. The fourth-order valence-electron chi connectivity index (χ4n) is 1.63. The number of nitrogens with zero attached hydrogens (tertiary/aromatic N) is 5. The molecule has 0 fully saturated rings. The third-order valence-electron chi connectivity index (χ3n) is 2.67. The van der Waals surface area contributed by atoms with Gasteiger partial charge in [-0.2, -0.15) is 9.94 Å². The molecule has 0 aromatic carbocycles. The molecule has 2 N–H and O–H groups in total. The lowest BCUT2D eigenvalue weighted by atomic mass is 10.2. The molecule has 0 aliphatic rings. The standard InChI is InChI=1S/C13H16N6/c1-8(2)12-17-13(9(3)15)19(18-12)11-5-4-10(6-14)7-16-11/h4-5,7-9H,15H2,1-3H3/t9-/m1/s1. The number of aromatic nitrogens is 4. The van der Waals surface area contributed by atoms with Gasteiger partial charge in [0.1, 0.15) is 6.07 Å². The van der Waals surface area contributed by atoms with Gasteiger partial charge in [-0.25, -0.2) is 9.97 Å². The molecule has 6 heteroatoms. The highest BCUT2D eigenvalue weighted by Gasteiger charge is 2.17. The number of nitrogens with two attached hydrogens (primary N) is 1. The van der Waals surface area contributed by atoms with Gasteiger partial charge in [-0.1, -0.05) is 13.8 Å². The Balaban J connectivity index is 2.50. The van der Waals surface area contributed by atoms with E-state index in [1.165, 1.54) is 6.20 Å². The second-order valence-electron chi connectivity index (χ2n) is 4.70. The largest absolute Gasteiger partial charge is 0.322 e. The molecule has 0 unspecified atom stereocenters. The maximum atomic E-state index is 8.77. The molecule has 2 aromatic rings. The summed E-state index contributed by atoms with van der Waals surface area (Å²) in [7, 11) is 0. The first-order chi connectivity index (χ1) is 9.02. The summed E-state index contributed by atoms with van der Waals surface area (Å²) in [4.78, 5) is 8.67. The summed E-state index contributed by atoms with van der Waals surface area (Å²) in [6, 6.07) is 5.23. The van der Waals surface area contributed by atoms with Crippen molar-refractivity contribution in [2.45, 2.75) is 32.7 Å². The van der Waals surface area contributed by atoms with Crippen LogP contribution in [0.5, 0.6) is 0 Å². The summed E-state index contributed by atoms with van der Waals surface area (Å²) in [5.41, 5.74) is 6.43. The number of hydrogen-bond donors (Lipinski definition) is 1. The molecule has 2 heterocycles. The van der Waals surface area contributed by atoms with Gasteiger partial charge in [-0.3, -0.25) is 0 Å². The molecule has 0 saturated carbocycles. The zero-order chi connectivity index (χ0) is 14.0. The van der Waals surface area contributed by atoms with E-state index in [2.05, 4.69) is 15.1 Å². The van der Waals surface area contributed by atoms with E-state index in [0.29, 0.717) is 17.2 Å². The van der Waals surface area contributed by atoms with Crippen molar-refractivity contribution >= 4 is 0 Å². The van der Waals surface area contributed by atoms with Crippen molar-refractivity contribution < 1.29 is 0 Å². The van der Waals surface area contributed by atoms with Gasteiger partial charge in [-0.15, -0.1) is 5.10 Å². The summed E-state index contributed by atoms with van der Waals surface area (Å²) in [6.45, 7) is 5.90. The maximum absolute atomic E-state index is 8.77. The summed E-state index contributed by atoms with van der Waals surface area (Å²) < 4.78 is 1.64. The number of pyridine rings is 1. The van der Waals surface area contributed by atoms with Gasteiger partial charge >= 0.3 is 0 Å². The lowest BCUT2D eigenvalue weighted by Crippen LogP contribution is -2.14. The second-order valence-corrected chi connectivity index (χ2v) is 4.70. The first-order valence-corrected chi connectivity index (χ1v) is 6.12. The third-order valence-corrected chi connectivity index (χ3v) is 2.67. The van der Waals surface area contributed by atoms with Crippen molar-refractivity contribution in [3.05, 3.63) is 35.5 Å². The summed E-state index contributed by atoms with van der Waals surface area (Å²) in [5, 5.41) is 13.2. The van der Waals surface area contributed by atoms with E-state index in [9.17, 15) is 0 Å². The normalized spacial score (nSPS) is 12.4. The van der Waals surface area contributed by atoms with Crippen molar-refractivity contribution in [1.82, 2.24) is 19.7 Å². The average Bonchev–Trinajstić information content (AvgIpc) is 2.84. The highest BCUT2D eigenvalue weighted by atomic mass is 15.4. The Kier molecular flexibility index (Phi) is 3.58. The van der Waals surface area contributed by atoms with Crippen LogP contribution in [0, 0.1) is 11.3 Å². The fourth-order valence-corrected chi connectivity index (χ4v) is 1.63. The predicted molar refractivity (Wildman–Crippen MR) is 70.6 cm³/mol. The van der Waals surface area contributed by atoms with Crippen molar-refractivity contribution in [3.63, 3.8) is 0 Å². The van der Waals surface area contributed by atoms with Crippen LogP contribution >= 0.6 is 0 Å². The van der Waals surface area contributed by atoms with Crippen molar-refractivity contribution in [2.24, 2.45) is 5.73 Å². The molecule has 6 nitrogen and oxygen atoms in total. The first kappa shape index (κ1) is 13.2. The molecular weight excluding hydrogens is 240 g/mol. The minimum Gasteiger partial charge on any atom is -0.322 e. The number of rotatable bonds is 3. The Morgan fingerprint density at radius 2 is 2.05 bits per heavy atom. The van der Waals surface area contributed by atoms with Crippen LogP contribution in [0.3, 0.4) is 0 Å². The molecule has 0 aliphatic carbocycles. The van der Waals surface area contributed by atoms with E-state index in [1.807, 2.05) is 26.8 Å². The van der Waals surface area contributed by atoms with Crippen LogP contribution in [0.1, 0.15) is 49.9 Å². The van der Waals surface area contributed by atoms with Crippen LogP contribution in [0.25, 0.3) is 5.82 Å². The van der Waals surface area contributed by atoms with E-state index >= 15 is 0 Å². The van der Waals surface area contributed by atoms with Gasteiger partial charge in [0.15, 0.2) is 17.5 Å². The van der Waals surface area contributed by atoms with Gasteiger partial charge in [0.2, 0.25) is 0 Å². The van der Waals surface area contributed by atoms with E-state index in [-0.39, 0.29) is 12.0 Å². The van der Waals surface area contributed by atoms with Gasteiger partial charge in [0.25, 0.3) is 0 Å². The monoisotopic (exact) mass is 256 g/mol. The predicted octanol–water partition coefficient (Wildman–Crippen LogP) is 1.68. The molecule has 0 radical (unpaired) electrons. The first-order valence-electron chi connectivity index (χ1n) is 6.12. The van der Waals surface area contributed by atoms with Gasteiger partial charge in [0.05, 0.1) is 11.6 Å². The number of nitriles is 1. The smallest absolute Gasteiger partial charge is 0.155 e. The molecule has 0 saturated heterocycles. The van der Waals surface area contributed by atoms with Gasteiger partial charge in [-0.05, 0) is 19.1 Å². The fraction of sp³-hybridized carbons (Fsp3) is 0.385. The molecule has 0 bridgehead atoms. The van der Waals surface area contributed by atoms with Crippen LogP contribution in [0.15, 0.2) is 18.3 Å². The zero-order valence-corrected chi connectivity index (χ0v) is 11.2. The third kappa shape index (κ3) is 2.61. The molecule has 0 amide bonds. The Bertz CT molecular complexity index is 603. The second kappa shape index (κ2) is 5.16. The molecular formula is C13H16N6. The van der Waals surface area contributed by atoms with E-state index in [1.54, 1.807) is 16.8 Å². The highest BCUT2D eigenvalue weighted by molar-refractivity contribution is 5.32. The average molecular weight is 256 g/mol. The Hall–Kier alpha value is -2.26. The molecule has 1 atom stereocenters. The van der Waals surface area contributed by atoms with Crippen LogP contribution < -0.4 is 5.73 Å². The summed E-state index contributed by atoms with van der Waals surface area (Å²) >= 11 is 0. The van der Waals surface area contributed by atoms with E-state index in [0.717, 1.165) is 5.82 Å².